The molecule has 1 aromatic rings. The minimum Gasteiger partial charge on any atom is -0.465 e. The second kappa shape index (κ2) is 6.23. The number of benzene rings is 1. The summed E-state index contributed by atoms with van der Waals surface area (Å²) in [6, 6.07) is 4.15. The van der Waals surface area contributed by atoms with Crippen LogP contribution >= 0.6 is 0 Å². The summed E-state index contributed by atoms with van der Waals surface area (Å²) in [5, 5.41) is 2.98. The highest BCUT2D eigenvalue weighted by Gasteiger charge is 2.09. The maximum Gasteiger partial charge on any atom is 0.337 e. The molecule has 0 atom stereocenters. The van der Waals surface area contributed by atoms with Gasteiger partial charge in [-0.3, -0.25) is 0 Å². The Balaban J connectivity index is 2.73. The Morgan fingerprint density at radius 1 is 1.47 bits per heavy atom. The summed E-state index contributed by atoms with van der Waals surface area (Å²) in [6.07, 6.45) is 0.946. The van der Waals surface area contributed by atoms with E-state index in [9.17, 15) is 9.18 Å². The van der Waals surface area contributed by atoms with Gasteiger partial charge in [0.15, 0.2) is 0 Å². The third-order valence-corrected chi connectivity index (χ3v) is 2.42. The predicted octanol–water partition coefficient (Wildman–Crippen LogP) is 3.07. The maximum atomic E-state index is 13.4. The summed E-state index contributed by atoms with van der Waals surface area (Å²) in [6.45, 7) is 4.88. The van der Waals surface area contributed by atoms with Crippen LogP contribution in [-0.2, 0) is 4.74 Å². The first-order chi connectivity index (χ1) is 8.04. The summed E-state index contributed by atoms with van der Waals surface area (Å²) < 4.78 is 18.0. The first kappa shape index (κ1) is 13.5. The van der Waals surface area contributed by atoms with Crippen molar-refractivity contribution in [3.8, 4) is 0 Å². The zero-order valence-corrected chi connectivity index (χ0v) is 10.4. The average Bonchev–Trinajstić information content (AvgIpc) is 2.30. The number of anilines is 1. The van der Waals surface area contributed by atoms with Crippen molar-refractivity contribution >= 4 is 11.7 Å². The second-order valence-electron chi connectivity index (χ2n) is 4.30. The molecule has 0 saturated carbocycles. The number of nitrogens with one attached hydrogen (secondary N) is 1. The number of hydrogen-bond acceptors (Lipinski definition) is 3. The van der Waals surface area contributed by atoms with Gasteiger partial charge in [-0.05, 0) is 30.5 Å². The van der Waals surface area contributed by atoms with E-state index in [0.717, 1.165) is 6.42 Å². The number of ether oxygens (including phenoxy) is 1. The first-order valence-corrected chi connectivity index (χ1v) is 5.66. The van der Waals surface area contributed by atoms with E-state index >= 15 is 0 Å². The van der Waals surface area contributed by atoms with Crippen molar-refractivity contribution in [3.63, 3.8) is 0 Å². The normalized spacial score (nSPS) is 10.4. The van der Waals surface area contributed by atoms with E-state index in [0.29, 0.717) is 23.7 Å². The molecule has 3 nitrogen and oxygen atoms in total. The lowest BCUT2D eigenvalue weighted by Crippen LogP contribution is -2.08. The van der Waals surface area contributed by atoms with E-state index in [2.05, 4.69) is 23.9 Å². The van der Waals surface area contributed by atoms with Crippen molar-refractivity contribution in [2.75, 3.05) is 19.0 Å². The Bertz CT molecular complexity index is 391. The number of methoxy groups -OCH3 is 1. The molecule has 0 heterocycles. The highest BCUT2D eigenvalue weighted by atomic mass is 19.1. The molecule has 1 N–H and O–H groups in total. The van der Waals surface area contributed by atoms with Crippen molar-refractivity contribution in [1.29, 1.82) is 0 Å². The van der Waals surface area contributed by atoms with Gasteiger partial charge < -0.3 is 10.1 Å². The lowest BCUT2D eigenvalue weighted by molar-refractivity contribution is 0.0600. The third-order valence-electron chi connectivity index (χ3n) is 2.42. The highest BCUT2D eigenvalue weighted by Crippen LogP contribution is 2.17. The smallest absolute Gasteiger partial charge is 0.337 e. The molecular formula is C13H18FNO2. The van der Waals surface area contributed by atoms with Gasteiger partial charge in [0.05, 0.1) is 18.4 Å². The highest BCUT2D eigenvalue weighted by molar-refractivity contribution is 5.90. The van der Waals surface area contributed by atoms with Gasteiger partial charge in [0, 0.05) is 6.54 Å². The fourth-order valence-electron chi connectivity index (χ4n) is 1.40. The molecule has 94 valence electrons. The molecule has 4 heteroatoms. The molecule has 0 saturated heterocycles. The fraction of sp³-hybridized carbons (Fsp3) is 0.462. The minimum absolute atomic E-state index is 0.341. The summed E-state index contributed by atoms with van der Waals surface area (Å²) in [5.74, 6) is -0.271. The van der Waals surface area contributed by atoms with Crippen LogP contribution in [0.2, 0.25) is 0 Å². The van der Waals surface area contributed by atoms with Gasteiger partial charge in [-0.25, -0.2) is 9.18 Å². The molecule has 1 aromatic carbocycles. The molecule has 0 aliphatic carbocycles. The summed E-state index contributed by atoms with van der Waals surface area (Å²) in [5.41, 5.74) is 0.689. The minimum atomic E-state index is -0.461. The van der Waals surface area contributed by atoms with Gasteiger partial charge in [-0.1, -0.05) is 13.8 Å². The van der Waals surface area contributed by atoms with Crippen LogP contribution in [-0.4, -0.2) is 19.6 Å². The van der Waals surface area contributed by atoms with Crippen LogP contribution in [0.5, 0.6) is 0 Å². The third kappa shape index (κ3) is 4.06. The maximum absolute atomic E-state index is 13.4. The first-order valence-electron chi connectivity index (χ1n) is 5.66. The van der Waals surface area contributed by atoms with Crippen LogP contribution in [0.3, 0.4) is 0 Å². The predicted molar refractivity (Wildman–Crippen MR) is 65.7 cm³/mol. The monoisotopic (exact) mass is 239 g/mol. The molecule has 0 unspecified atom stereocenters. The lowest BCUT2D eigenvalue weighted by atomic mass is 10.1. The number of halogens is 1. The Kier molecular flexibility index (Phi) is 4.94. The van der Waals surface area contributed by atoms with E-state index in [1.165, 1.54) is 25.3 Å². The molecule has 0 fully saturated rings. The lowest BCUT2D eigenvalue weighted by Gasteiger charge is -2.10. The molecule has 1 rings (SSSR count). The Morgan fingerprint density at radius 2 is 2.18 bits per heavy atom. The van der Waals surface area contributed by atoms with Crippen molar-refractivity contribution in [1.82, 2.24) is 0 Å². The summed E-state index contributed by atoms with van der Waals surface area (Å²) >= 11 is 0. The number of carbonyl (C=O) groups is 1. The van der Waals surface area contributed by atoms with E-state index in [-0.39, 0.29) is 5.82 Å². The zero-order valence-electron chi connectivity index (χ0n) is 10.4. The van der Waals surface area contributed by atoms with Gasteiger partial charge >= 0.3 is 5.97 Å². The number of rotatable bonds is 5. The Labute approximate surface area is 101 Å². The number of carbonyl (C=O) groups excluding carboxylic acids is 1. The molecule has 0 bridgehead atoms. The molecule has 0 spiro atoms. The Morgan fingerprint density at radius 3 is 2.76 bits per heavy atom. The Hall–Kier alpha value is -1.58. The standard InChI is InChI=1S/C13H18FNO2/c1-9(2)6-7-15-12-8-10(13(16)17-3)4-5-11(12)14/h4-5,8-9,15H,6-7H2,1-3H3. The van der Waals surface area contributed by atoms with Crippen LogP contribution in [0.1, 0.15) is 30.6 Å². The van der Waals surface area contributed by atoms with E-state index in [4.69, 9.17) is 0 Å². The van der Waals surface area contributed by atoms with Crippen molar-refractivity contribution in [3.05, 3.63) is 29.6 Å². The van der Waals surface area contributed by atoms with Crippen LogP contribution in [0.4, 0.5) is 10.1 Å². The van der Waals surface area contributed by atoms with Gasteiger partial charge in [-0.15, -0.1) is 0 Å². The molecule has 0 amide bonds. The second-order valence-corrected chi connectivity index (χ2v) is 4.30. The van der Waals surface area contributed by atoms with Gasteiger partial charge in [0.25, 0.3) is 0 Å². The van der Waals surface area contributed by atoms with E-state index in [1.54, 1.807) is 0 Å². The van der Waals surface area contributed by atoms with Crippen LogP contribution in [0.15, 0.2) is 18.2 Å². The molecule has 17 heavy (non-hydrogen) atoms. The number of esters is 1. The van der Waals surface area contributed by atoms with Gasteiger partial charge in [-0.2, -0.15) is 0 Å². The topological polar surface area (TPSA) is 38.3 Å². The summed E-state index contributed by atoms with van der Waals surface area (Å²) in [7, 11) is 1.30. The average molecular weight is 239 g/mol. The van der Waals surface area contributed by atoms with Gasteiger partial charge in [0.1, 0.15) is 5.82 Å². The SMILES string of the molecule is COC(=O)c1ccc(F)c(NCCC(C)C)c1. The van der Waals surface area contributed by atoms with E-state index in [1.807, 2.05) is 0 Å². The zero-order chi connectivity index (χ0) is 12.8. The molecule has 0 aliphatic heterocycles. The molecule has 0 radical (unpaired) electrons. The van der Waals surface area contributed by atoms with Crippen LogP contribution in [0, 0.1) is 11.7 Å². The largest absolute Gasteiger partial charge is 0.465 e. The molecule has 0 aliphatic rings. The van der Waals surface area contributed by atoms with Crippen molar-refractivity contribution < 1.29 is 13.9 Å². The van der Waals surface area contributed by atoms with Gasteiger partial charge in [0.2, 0.25) is 0 Å². The molecular weight excluding hydrogens is 221 g/mol. The quantitative estimate of drug-likeness (QED) is 0.802. The van der Waals surface area contributed by atoms with Crippen LogP contribution in [0.25, 0.3) is 0 Å². The fourth-order valence-corrected chi connectivity index (χ4v) is 1.40. The number of hydrogen-bond donors (Lipinski definition) is 1. The van der Waals surface area contributed by atoms with Crippen LogP contribution < -0.4 is 5.32 Å². The molecule has 0 aromatic heterocycles. The summed E-state index contributed by atoms with van der Waals surface area (Å²) in [4.78, 5) is 11.3. The van der Waals surface area contributed by atoms with Crippen molar-refractivity contribution in [2.24, 2.45) is 5.92 Å². The van der Waals surface area contributed by atoms with Crippen molar-refractivity contribution in [2.45, 2.75) is 20.3 Å². The van der Waals surface area contributed by atoms with E-state index < -0.39 is 5.97 Å².